The van der Waals surface area contributed by atoms with Crippen LogP contribution in [0.25, 0.3) is 0 Å². The van der Waals surface area contributed by atoms with E-state index in [0.717, 1.165) is 35.2 Å². The fraction of sp³-hybridized carbons (Fsp3) is 0.353. The van der Waals surface area contributed by atoms with E-state index in [-0.39, 0.29) is 43.1 Å². The van der Waals surface area contributed by atoms with Crippen LogP contribution in [-0.2, 0) is 22.6 Å². The SMILES string of the molecule is C=NN(/C=C1\CC=CC=C1CN1CC2N(C(=O)CN(C)N2C(=O)NCc2ccccc2)[C@@H](Cc2ccc(O)cc2)C1=O)CCC. The van der Waals surface area contributed by atoms with Gasteiger partial charge in [-0.2, -0.15) is 5.10 Å². The Morgan fingerprint density at radius 3 is 2.60 bits per heavy atom. The molecule has 2 aromatic carbocycles. The van der Waals surface area contributed by atoms with Gasteiger partial charge in [0, 0.05) is 46.0 Å². The highest BCUT2D eigenvalue weighted by Gasteiger charge is 2.50. The molecule has 0 aromatic heterocycles. The van der Waals surface area contributed by atoms with E-state index in [9.17, 15) is 19.5 Å². The van der Waals surface area contributed by atoms with Crippen molar-refractivity contribution in [2.45, 2.75) is 44.9 Å². The number of carbonyl (C=O) groups excluding carboxylic acids is 3. The molecular formula is C34H41N7O4. The van der Waals surface area contributed by atoms with Crippen LogP contribution in [0, 0.1) is 0 Å². The Bertz CT molecular complexity index is 1490. The van der Waals surface area contributed by atoms with Gasteiger partial charge in [-0.25, -0.2) is 14.8 Å². The summed E-state index contributed by atoms with van der Waals surface area (Å²) in [5.74, 6) is -0.295. The van der Waals surface area contributed by atoms with E-state index in [4.69, 9.17) is 0 Å². The zero-order chi connectivity index (χ0) is 31.9. The number of hydrazine groups is 1. The van der Waals surface area contributed by atoms with Gasteiger partial charge in [-0.1, -0.05) is 67.6 Å². The fourth-order valence-electron chi connectivity index (χ4n) is 6.06. The highest BCUT2D eigenvalue weighted by atomic mass is 16.3. The second-order valence-corrected chi connectivity index (χ2v) is 11.5. The Kier molecular flexibility index (Phi) is 9.99. The van der Waals surface area contributed by atoms with E-state index in [0.29, 0.717) is 19.5 Å². The number of phenolic OH excluding ortho intramolecular Hbond substituents is 1. The van der Waals surface area contributed by atoms with Crippen molar-refractivity contribution in [3.05, 3.63) is 101 Å². The predicted octanol–water partition coefficient (Wildman–Crippen LogP) is 3.47. The van der Waals surface area contributed by atoms with Gasteiger partial charge in [-0.05, 0) is 47.2 Å². The first kappa shape index (κ1) is 31.5. The van der Waals surface area contributed by atoms with Crippen LogP contribution in [0.1, 0.15) is 30.9 Å². The maximum atomic E-state index is 14.3. The number of allylic oxidation sites excluding steroid dienone is 3. The van der Waals surface area contributed by atoms with E-state index in [1.54, 1.807) is 51.1 Å². The van der Waals surface area contributed by atoms with Gasteiger partial charge in [0.05, 0.1) is 13.1 Å². The topological polar surface area (TPSA) is 112 Å². The van der Waals surface area contributed by atoms with Gasteiger partial charge < -0.3 is 20.2 Å². The summed E-state index contributed by atoms with van der Waals surface area (Å²) in [6, 6.07) is 15.1. The standard InChI is InChI=1S/C34H41N7O4/c1-4-18-39(35-2)22-28-13-9-8-12-27(28)21-38-23-31-40(30(33(38)44)19-25-14-16-29(42)17-15-25)32(43)24-37(3)41(31)34(45)36-20-26-10-6-5-7-11-26/h5-12,14-17,22,30-31,42H,2,4,13,18-21,23-24H2,1,3H3,(H,36,45)/b28-22+/t30-,31?/m0/s1. The van der Waals surface area contributed by atoms with Gasteiger partial charge in [0.15, 0.2) is 0 Å². The molecule has 45 heavy (non-hydrogen) atoms. The molecule has 2 fully saturated rings. The van der Waals surface area contributed by atoms with Crippen molar-refractivity contribution in [2.75, 3.05) is 33.2 Å². The summed E-state index contributed by atoms with van der Waals surface area (Å²) in [6.45, 7) is 7.23. The molecule has 2 aromatic rings. The molecule has 1 aliphatic carbocycles. The number of likely N-dealkylation sites (N-methyl/N-ethyl adjacent to an activating group) is 1. The average molecular weight is 612 g/mol. The number of amides is 4. The van der Waals surface area contributed by atoms with Gasteiger partial charge in [-0.15, -0.1) is 0 Å². The lowest BCUT2D eigenvalue weighted by Crippen LogP contribution is -2.76. The molecule has 2 aliphatic heterocycles. The van der Waals surface area contributed by atoms with Crippen LogP contribution in [0.5, 0.6) is 5.75 Å². The lowest BCUT2D eigenvalue weighted by atomic mass is 9.95. The number of nitrogens with one attached hydrogen (secondary N) is 1. The Morgan fingerprint density at radius 2 is 1.89 bits per heavy atom. The Labute approximate surface area is 264 Å². The van der Waals surface area contributed by atoms with Crippen molar-refractivity contribution in [1.82, 2.24) is 30.1 Å². The Balaban J connectivity index is 1.46. The summed E-state index contributed by atoms with van der Waals surface area (Å²) in [7, 11) is 1.72. The molecule has 0 spiro atoms. The average Bonchev–Trinajstić information content (AvgIpc) is 3.04. The number of fused-ring (bicyclic) bond motifs is 1. The fourth-order valence-corrected chi connectivity index (χ4v) is 6.06. The number of piperazine rings is 1. The third kappa shape index (κ3) is 7.26. The number of carbonyl (C=O) groups is 3. The van der Waals surface area contributed by atoms with Gasteiger partial charge in [0.25, 0.3) is 0 Å². The molecule has 0 bridgehead atoms. The van der Waals surface area contributed by atoms with Crippen molar-refractivity contribution >= 4 is 24.6 Å². The lowest BCUT2D eigenvalue weighted by Gasteiger charge is -2.54. The number of hydrogen-bond donors (Lipinski definition) is 2. The van der Waals surface area contributed by atoms with E-state index in [1.165, 1.54) is 0 Å². The number of phenols is 1. The molecule has 2 saturated heterocycles. The van der Waals surface area contributed by atoms with Gasteiger partial charge >= 0.3 is 6.03 Å². The van der Waals surface area contributed by atoms with Gasteiger partial charge in [0.1, 0.15) is 18.0 Å². The van der Waals surface area contributed by atoms with Crippen LogP contribution in [0.2, 0.25) is 0 Å². The largest absolute Gasteiger partial charge is 0.508 e. The molecule has 5 rings (SSSR count). The maximum Gasteiger partial charge on any atom is 0.334 e. The minimum Gasteiger partial charge on any atom is -0.508 e. The summed E-state index contributed by atoms with van der Waals surface area (Å²) < 4.78 is 0. The monoisotopic (exact) mass is 611 g/mol. The minimum atomic E-state index is -0.836. The summed E-state index contributed by atoms with van der Waals surface area (Å²) in [5.41, 5.74) is 3.74. The number of aromatic hydroxyl groups is 1. The number of hydrazone groups is 1. The number of urea groups is 1. The van der Waals surface area contributed by atoms with Gasteiger partial charge in [0.2, 0.25) is 11.8 Å². The summed E-state index contributed by atoms with van der Waals surface area (Å²) in [4.78, 5) is 45.0. The number of benzene rings is 2. The minimum absolute atomic E-state index is 0.0424. The normalized spacial score (nSPS) is 21.1. The van der Waals surface area contributed by atoms with Crippen molar-refractivity contribution in [3.63, 3.8) is 0 Å². The van der Waals surface area contributed by atoms with Crippen LogP contribution in [0.15, 0.2) is 95.3 Å². The summed E-state index contributed by atoms with van der Waals surface area (Å²) in [5, 5.41) is 22.0. The third-order valence-electron chi connectivity index (χ3n) is 8.28. The van der Waals surface area contributed by atoms with Crippen LogP contribution >= 0.6 is 0 Å². The Morgan fingerprint density at radius 1 is 1.13 bits per heavy atom. The molecule has 236 valence electrons. The van der Waals surface area contributed by atoms with Crippen molar-refractivity contribution in [2.24, 2.45) is 5.10 Å². The molecule has 11 heteroatoms. The number of hydrogen-bond acceptors (Lipinski definition) is 7. The summed E-state index contributed by atoms with van der Waals surface area (Å²) in [6.07, 6.45) is 9.13. The second kappa shape index (κ2) is 14.3. The first-order chi connectivity index (χ1) is 21.8. The first-order valence-corrected chi connectivity index (χ1v) is 15.3. The molecule has 0 saturated carbocycles. The molecule has 3 aliphatic rings. The quantitative estimate of drug-likeness (QED) is 0.315. The van der Waals surface area contributed by atoms with Gasteiger partial charge in [-0.3, -0.25) is 14.6 Å². The molecule has 1 unspecified atom stereocenters. The van der Waals surface area contributed by atoms with Crippen molar-refractivity contribution in [3.8, 4) is 5.75 Å². The molecule has 11 nitrogen and oxygen atoms in total. The highest BCUT2D eigenvalue weighted by molar-refractivity contribution is 5.92. The third-order valence-corrected chi connectivity index (χ3v) is 8.28. The molecule has 2 heterocycles. The van der Waals surface area contributed by atoms with Crippen LogP contribution in [0.3, 0.4) is 0 Å². The predicted molar refractivity (Wildman–Crippen MR) is 172 cm³/mol. The van der Waals surface area contributed by atoms with E-state index in [2.05, 4.69) is 30.1 Å². The first-order valence-electron chi connectivity index (χ1n) is 15.3. The molecule has 2 atom stereocenters. The van der Waals surface area contributed by atoms with Crippen molar-refractivity contribution in [1.29, 1.82) is 0 Å². The molecular weight excluding hydrogens is 570 g/mol. The molecule has 4 amide bonds. The number of rotatable bonds is 10. The highest BCUT2D eigenvalue weighted by Crippen LogP contribution is 2.30. The Hall–Kier alpha value is -4.90. The smallest absolute Gasteiger partial charge is 0.334 e. The van der Waals surface area contributed by atoms with E-state index < -0.39 is 12.2 Å². The van der Waals surface area contributed by atoms with E-state index >= 15 is 0 Å². The molecule has 2 N–H and O–H groups in total. The second-order valence-electron chi connectivity index (χ2n) is 11.5. The zero-order valence-corrected chi connectivity index (χ0v) is 25.9. The molecule has 0 radical (unpaired) electrons. The van der Waals surface area contributed by atoms with Crippen LogP contribution < -0.4 is 5.32 Å². The lowest BCUT2D eigenvalue weighted by molar-refractivity contribution is -0.186. The van der Waals surface area contributed by atoms with Crippen LogP contribution in [0.4, 0.5) is 4.79 Å². The zero-order valence-electron chi connectivity index (χ0n) is 25.9. The van der Waals surface area contributed by atoms with Crippen molar-refractivity contribution < 1.29 is 19.5 Å². The summed E-state index contributed by atoms with van der Waals surface area (Å²) >= 11 is 0. The number of nitrogens with zero attached hydrogens (tertiary/aromatic N) is 6. The van der Waals surface area contributed by atoms with E-state index in [1.807, 2.05) is 53.7 Å². The van der Waals surface area contributed by atoms with Crippen LogP contribution in [-0.4, -0.2) is 99.9 Å². The maximum absolute atomic E-state index is 14.3.